The number of piperazine rings is 1. The van der Waals surface area contributed by atoms with E-state index in [0.29, 0.717) is 13.1 Å². The minimum absolute atomic E-state index is 0.0833. The van der Waals surface area contributed by atoms with Crippen molar-refractivity contribution in [2.45, 2.75) is 17.1 Å². The molecule has 1 heterocycles. The molecule has 1 aliphatic rings. The van der Waals surface area contributed by atoms with Crippen molar-refractivity contribution < 1.29 is 30.4 Å². The molecule has 5 nitrogen and oxygen atoms in total. The van der Waals surface area contributed by atoms with E-state index in [0.717, 1.165) is 23.1 Å². The summed E-state index contributed by atoms with van der Waals surface area (Å²) in [6.45, 7) is -0.192. The molecule has 2 N–H and O–H groups in total. The lowest BCUT2D eigenvalue weighted by Crippen LogP contribution is -2.57. The number of hydrogen-bond donors (Lipinski definition) is 2. The number of benzene rings is 1. The van der Waals surface area contributed by atoms with E-state index in [4.69, 9.17) is 0 Å². The maximum absolute atomic E-state index is 13.6. The molecule has 1 fully saturated rings. The van der Waals surface area contributed by atoms with Crippen molar-refractivity contribution >= 4 is 10.0 Å². The van der Waals surface area contributed by atoms with Gasteiger partial charge in [-0.05, 0) is 12.1 Å². The first-order chi connectivity index (χ1) is 11.1. The Kier molecular flexibility index (Phi) is 5.78. The van der Waals surface area contributed by atoms with Gasteiger partial charge in [0, 0.05) is 32.7 Å². The van der Waals surface area contributed by atoms with Crippen LogP contribution in [0.15, 0.2) is 23.1 Å². The Labute approximate surface area is 135 Å². The van der Waals surface area contributed by atoms with Gasteiger partial charge in [-0.15, -0.1) is 0 Å². The lowest BCUT2D eigenvalue weighted by molar-refractivity contribution is -0.182. The predicted octanol–water partition coefficient (Wildman–Crippen LogP) is 1.08. The van der Waals surface area contributed by atoms with E-state index in [1.807, 2.05) is 0 Å². The fourth-order valence-electron chi connectivity index (χ4n) is 2.45. The highest BCUT2D eigenvalue weighted by Crippen LogP contribution is 2.26. The number of nitrogens with one attached hydrogen (secondary N) is 2. The molecule has 0 aromatic heterocycles. The number of sulfonamides is 1. The molecule has 1 aromatic rings. The summed E-state index contributed by atoms with van der Waals surface area (Å²) in [7, 11) is -4.76. The highest BCUT2D eigenvalue weighted by atomic mass is 32.2. The van der Waals surface area contributed by atoms with Crippen LogP contribution in [0.2, 0.25) is 0 Å². The van der Waals surface area contributed by atoms with Gasteiger partial charge in [-0.25, -0.2) is 21.9 Å². The molecular formula is C13H16F5N3O2S. The molecule has 1 atom stereocenters. The van der Waals surface area contributed by atoms with Crippen LogP contribution in [0.3, 0.4) is 0 Å². The second kappa shape index (κ2) is 7.30. The third-order valence-corrected chi connectivity index (χ3v) is 5.10. The van der Waals surface area contributed by atoms with Gasteiger partial charge in [0.05, 0.1) is 0 Å². The van der Waals surface area contributed by atoms with Crippen molar-refractivity contribution in [3.63, 3.8) is 0 Å². The third kappa shape index (κ3) is 4.41. The molecular weight excluding hydrogens is 357 g/mol. The Morgan fingerprint density at radius 1 is 1.17 bits per heavy atom. The molecule has 0 bridgehead atoms. The van der Waals surface area contributed by atoms with Crippen molar-refractivity contribution in [3.8, 4) is 0 Å². The highest BCUT2D eigenvalue weighted by Gasteiger charge is 2.44. The van der Waals surface area contributed by atoms with Gasteiger partial charge < -0.3 is 5.32 Å². The fraction of sp³-hybridized carbons (Fsp3) is 0.538. The van der Waals surface area contributed by atoms with Gasteiger partial charge in [0.15, 0.2) is 4.90 Å². The van der Waals surface area contributed by atoms with E-state index < -0.39 is 45.3 Å². The Balaban J connectivity index is 2.19. The summed E-state index contributed by atoms with van der Waals surface area (Å²) >= 11 is 0. The Hall–Kier alpha value is -1.30. The fourth-order valence-corrected chi connectivity index (χ4v) is 3.62. The first kappa shape index (κ1) is 19.0. The maximum Gasteiger partial charge on any atom is 0.405 e. The summed E-state index contributed by atoms with van der Waals surface area (Å²) in [5.41, 5.74) is 0. The average molecular weight is 373 g/mol. The number of nitrogens with zero attached hydrogens (tertiary/aromatic N) is 1. The van der Waals surface area contributed by atoms with Gasteiger partial charge in [0.25, 0.3) is 0 Å². The smallest absolute Gasteiger partial charge is 0.314 e. The molecule has 0 aliphatic carbocycles. The second-order valence-electron chi connectivity index (χ2n) is 5.25. The van der Waals surface area contributed by atoms with Crippen LogP contribution >= 0.6 is 0 Å². The molecule has 2 rings (SSSR count). The van der Waals surface area contributed by atoms with Gasteiger partial charge in [-0.1, -0.05) is 6.07 Å². The Bertz CT molecular complexity index is 654. The highest BCUT2D eigenvalue weighted by molar-refractivity contribution is 7.89. The number of halogens is 5. The van der Waals surface area contributed by atoms with E-state index >= 15 is 0 Å². The standard InChI is InChI=1S/C13H16F5N3O2S/c14-9-2-1-3-10(15)12(9)24(22,23)20-8-11(13(16,17)18)21-6-4-19-5-7-21/h1-3,11,19-20H,4-8H2. The largest absolute Gasteiger partial charge is 0.405 e. The van der Waals surface area contributed by atoms with Gasteiger partial charge in [0.1, 0.15) is 17.7 Å². The van der Waals surface area contributed by atoms with Crippen LogP contribution in [0.4, 0.5) is 22.0 Å². The molecule has 0 amide bonds. The number of hydrogen-bond acceptors (Lipinski definition) is 4. The molecule has 0 saturated carbocycles. The minimum atomic E-state index is -4.76. The van der Waals surface area contributed by atoms with E-state index in [9.17, 15) is 30.4 Å². The third-order valence-electron chi connectivity index (χ3n) is 3.62. The van der Waals surface area contributed by atoms with Crippen molar-refractivity contribution in [2.75, 3.05) is 32.7 Å². The molecule has 1 aromatic carbocycles. The van der Waals surface area contributed by atoms with Gasteiger partial charge in [-0.3, -0.25) is 4.90 Å². The van der Waals surface area contributed by atoms with Crippen LogP contribution in [-0.2, 0) is 10.0 Å². The Morgan fingerprint density at radius 2 is 1.71 bits per heavy atom. The first-order valence-corrected chi connectivity index (χ1v) is 8.56. The molecule has 1 saturated heterocycles. The zero-order valence-corrected chi connectivity index (χ0v) is 13.2. The summed E-state index contributed by atoms with van der Waals surface area (Å²) in [6, 6.07) is 0.317. The van der Waals surface area contributed by atoms with Crippen molar-refractivity contribution in [3.05, 3.63) is 29.8 Å². The van der Waals surface area contributed by atoms with E-state index in [1.54, 1.807) is 4.72 Å². The zero-order valence-electron chi connectivity index (χ0n) is 12.4. The minimum Gasteiger partial charge on any atom is -0.314 e. The second-order valence-corrected chi connectivity index (χ2v) is 6.95. The molecule has 136 valence electrons. The van der Waals surface area contributed by atoms with E-state index in [1.165, 1.54) is 0 Å². The lowest BCUT2D eigenvalue weighted by Gasteiger charge is -2.35. The normalized spacial score (nSPS) is 18.5. The van der Waals surface area contributed by atoms with Crippen LogP contribution in [0.25, 0.3) is 0 Å². The van der Waals surface area contributed by atoms with Crippen LogP contribution in [0, 0.1) is 11.6 Å². The predicted molar refractivity (Wildman–Crippen MR) is 75.8 cm³/mol. The lowest BCUT2D eigenvalue weighted by atomic mass is 10.2. The topological polar surface area (TPSA) is 61.4 Å². The zero-order chi connectivity index (χ0) is 18.0. The van der Waals surface area contributed by atoms with Gasteiger partial charge >= 0.3 is 6.18 Å². The van der Waals surface area contributed by atoms with Crippen LogP contribution in [0.1, 0.15) is 0 Å². The van der Waals surface area contributed by atoms with E-state index in [2.05, 4.69) is 5.32 Å². The summed E-state index contributed by atoms with van der Waals surface area (Å²) in [4.78, 5) is -0.206. The molecule has 24 heavy (non-hydrogen) atoms. The van der Waals surface area contributed by atoms with Crippen LogP contribution < -0.4 is 10.0 Å². The molecule has 0 spiro atoms. The molecule has 1 aliphatic heterocycles. The summed E-state index contributed by atoms with van der Waals surface area (Å²) in [6.07, 6.45) is -4.69. The molecule has 11 heteroatoms. The molecule has 1 unspecified atom stereocenters. The monoisotopic (exact) mass is 373 g/mol. The van der Waals surface area contributed by atoms with Crippen LogP contribution in [-0.4, -0.2) is 58.3 Å². The maximum atomic E-state index is 13.6. The van der Waals surface area contributed by atoms with Crippen LogP contribution in [0.5, 0.6) is 0 Å². The van der Waals surface area contributed by atoms with Gasteiger partial charge in [-0.2, -0.15) is 13.2 Å². The van der Waals surface area contributed by atoms with Crippen molar-refractivity contribution in [1.82, 2.24) is 14.9 Å². The first-order valence-electron chi connectivity index (χ1n) is 7.08. The Morgan fingerprint density at radius 3 is 2.21 bits per heavy atom. The van der Waals surface area contributed by atoms with Gasteiger partial charge in [0.2, 0.25) is 10.0 Å². The SMILES string of the molecule is O=S(=O)(NCC(N1CCNCC1)C(F)(F)F)c1c(F)cccc1F. The quantitative estimate of drug-likeness (QED) is 0.759. The van der Waals surface area contributed by atoms with Crippen molar-refractivity contribution in [2.24, 2.45) is 0 Å². The summed E-state index contributed by atoms with van der Waals surface area (Å²) < 4.78 is 92.4. The molecule has 0 radical (unpaired) electrons. The number of alkyl halides is 3. The summed E-state index contributed by atoms with van der Waals surface area (Å²) in [5, 5.41) is 2.89. The van der Waals surface area contributed by atoms with Crippen molar-refractivity contribution in [1.29, 1.82) is 0 Å². The van der Waals surface area contributed by atoms with E-state index in [-0.39, 0.29) is 13.1 Å². The number of rotatable bonds is 5. The summed E-state index contributed by atoms with van der Waals surface area (Å²) in [5.74, 6) is -2.73. The average Bonchev–Trinajstić information content (AvgIpc) is 2.46.